The Morgan fingerprint density at radius 3 is 2.31 bits per heavy atom. The molecule has 0 aromatic heterocycles. The number of aryl methyl sites for hydroxylation is 1. The van der Waals surface area contributed by atoms with Gasteiger partial charge in [0.2, 0.25) is 0 Å². The average Bonchev–Trinajstić information content (AvgIpc) is 2.79. The number of urea groups is 1. The van der Waals surface area contributed by atoms with E-state index in [1.807, 2.05) is 26.0 Å². The lowest BCUT2D eigenvalue weighted by Crippen LogP contribution is -2.41. The lowest BCUT2D eigenvalue weighted by Gasteiger charge is -2.23. The second-order valence-electron chi connectivity index (χ2n) is 7.09. The number of amides is 3. The van der Waals surface area contributed by atoms with Crippen molar-refractivity contribution in [2.75, 3.05) is 29.9 Å². The van der Waals surface area contributed by atoms with Gasteiger partial charge < -0.3 is 15.4 Å². The zero-order chi connectivity index (χ0) is 22.9. The molecule has 0 unspecified atom stereocenters. The normalized spacial score (nSPS) is 10.3. The summed E-state index contributed by atoms with van der Waals surface area (Å²) < 4.78 is 18.8. The Bertz CT molecular complexity index is 1050. The summed E-state index contributed by atoms with van der Waals surface area (Å²) in [6, 6.07) is 19.5. The number of nitrogens with one attached hydrogen (secondary N) is 2. The molecule has 0 radical (unpaired) electrons. The molecule has 0 fully saturated rings. The number of carbonyl (C=O) groups is 2. The van der Waals surface area contributed by atoms with Gasteiger partial charge in [-0.15, -0.1) is 0 Å². The fraction of sp³-hybridized carbons (Fsp3) is 0.200. The van der Waals surface area contributed by atoms with Crippen LogP contribution in [0.3, 0.4) is 0 Å². The maximum absolute atomic E-state index is 13.4. The zero-order valence-electron chi connectivity index (χ0n) is 18.1. The SMILES string of the molecule is CCOc1ccc(NC(=O)N(CCNC(=O)c2ccccc2C)c2ccc(F)cc2)cc1. The van der Waals surface area contributed by atoms with Crippen LogP contribution in [0.2, 0.25) is 0 Å². The predicted molar refractivity (Wildman–Crippen MR) is 124 cm³/mol. The molecule has 0 heterocycles. The third-order valence-corrected chi connectivity index (χ3v) is 4.81. The van der Waals surface area contributed by atoms with Crippen LogP contribution >= 0.6 is 0 Å². The smallest absolute Gasteiger partial charge is 0.326 e. The summed E-state index contributed by atoms with van der Waals surface area (Å²) in [4.78, 5) is 26.9. The van der Waals surface area contributed by atoms with Crippen molar-refractivity contribution in [1.82, 2.24) is 5.32 Å². The Morgan fingerprint density at radius 2 is 1.66 bits per heavy atom. The fourth-order valence-corrected chi connectivity index (χ4v) is 3.17. The van der Waals surface area contributed by atoms with Gasteiger partial charge in [0.05, 0.1) is 6.61 Å². The number of hydrogen-bond acceptors (Lipinski definition) is 3. The molecule has 0 atom stereocenters. The van der Waals surface area contributed by atoms with E-state index in [9.17, 15) is 14.0 Å². The predicted octanol–water partition coefficient (Wildman–Crippen LogP) is 5.00. The number of carbonyl (C=O) groups excluding carboxylic acids is 2. The largest absolute Gasteiger partial charge is 0.494 e. The summed E-state index contributed by atoms with van der Waals surface area (Å²) in [5.74, 6) is 0.0994. The fourth-order valence-electron chi connectivity index (χ4n) is 3.17. The first kappa shape index (κ1) is 22.8. The van der Waals surface area contributed by atoms with Crippen LogP contribution in [0.5, 0.6) is 5.75 Å². The van der Waals surface area contributed by atoms with Gasteiger partial charge in [0.25, 0.3) is 5.91 Å². The highest BCUT2D eigenvalue weighted by Crippen LogP contribution is 2.19. The second-order valence-corrected chi connectivity index (χ2v) is 7.09. The van der Waals surface area contributed by atoms with Crippen LogP contribution in [0.1, 0.15) is 22.8 Å². The number of ether oxygens (including phenoxy) is 1. The summed E-state index contributed by atoms with van der Waals surface area (Å²) in [5, 5.41) is 5.67. The Hall–Kier alpha value is -3.87. The molecule has 0 aliphatic carbocycles. The van der Waals surface area contributed by atoms with Gasteiger partial charge in [-0.3, -0.25) is 9.69 Å². The van der Waals surface area contributed by atoms with Gasteiger partial charge in [-0.2, -0.15) is 0 Å². The third kappa shape index (κ3) is 6.07. The lowest BCUT2D eigenvalue weighted by molar-refractivity contribution is 0.0954. The molecule has 166 valence electrons. The number of rotatable bonds is 8. The third-order valence-electron chi connectivity index (χ3n) is 4.81. The van der Waals surface area contributed by atoms with Gasteiger partial charge in [-0.25, -0.2) is 9.18 Å². The molecule has 3 aromatic carbocycles. The molecule has 3 rings (SSSR count). The molecule has 0 aliphatic rings. The van der Waals surface area contributed by atoms with Gasteiger partial charge in [0.1, 0.15) is 11.6 Å². The Balaban J connectivity index is 1.69. The molecule has 32 heavy (non-hydrogen) atoms. The van der Waals surface area contributed by atoms with Crippen LogP contribution in [0, 0.1) is 12.7 Å². The lowest BCUT2D eigenvalue weighted by atomic mass is 10.1. The van der Waals surface area contributed by atoms with E-state index in [1.54, 1.807) is 36.4 Å². The van der Waals surface area contributed by atoms with Crippen LogP contribution in [-0.4, -0.2) is 31.6 Å². The summed E-state index contributed by atoms with van der Waals surface area (Å²) in [6.45, 7) is 4.74. The molecular weight excluding hydrogens is 409 g/mol. The van der Waals surface area contributed by atoms with Crippen molar-refractivity contribution < 1.29 is 18.7 Å². The quantitative estimate of drug-likeness (QED) is 0.523. The molecular formula is C25H26FN3O3. The van der Waals surface area contributed by atoms with E-state index in [0.717, 1.165) is 5.56 Å². The van der Waals surface area contributed by atoms with Gasteiger partial charge in [-0.05, 0) is 74.0 Å². The van der Waals surface area contributed by atoms with Crippen LogP contribution in [0.15, 0.2) is 72.8 Å². The van der Waals surface area contributed by atoms with E-state index in [1.165, 1.54) is 29.2 Å². The van der Waals surface area contributed by atoms with Crippen molar-refractivity contribution in [2.45, 2.75) is 13.8 Å². The standard InChI is InChI=1S/C25H26FN3O3/c1-3-32-22-14-10-20(11-15-22)28-25(31)29(21-12-8-19(26)9-13-21)17-16-27-24(30)23-7-5-4-6-18(23)2/h4-15H,3,16-17H2,1-2H3,(H,27,30)(H,28,31). The monoisotopic (exact) mass is 435 g/mol. The maximum atomic E-state index is 13.4. The summed E-state index contributed by atoms with van der Waals surface area (Å²) in [7, 11) is 0. The Morgan fingerprint density at radius 1 is 0.969 bits per heavy atom. The molecule has 0 saturated carbocycles. The summed E-state index contributed by atoms with van der Waals surface area (Å²) in [6.07, 6.45) is 0. The van der Waals surface area contributed by atoms with Crippen LogP contribution in [-0.2, 0) is 0 Å². The summed E-state index contributed by atoms with van der Waals surface area (Å²) >= 11 is 0. The minimum absolute atomic E-state index is 0.201. The topological polar surface area (TPSA) is 70.7 Å². The number of nitrogens with zero attached hydrogens (tertiary/aromatic N) is 1. The van der Waals surface area contributed by atoms with Crippen molar-refractivity contribution >= 4 is 23.3 Å². The van der Waals surface area contributed by atoms with Crippen LogP contribution < -0.4 is 20.3 Å². The molecule has 0 spiro atoms. The minimum atomic E-state index is -0.397. The van der Waals surface area contributed by atoms with Crippen LogP contribution in [0.25, 0.3) is 0 Å². The molecule has 2 N–H and O–H groups in total. The van der Waals surface area contributed by atoms with E-state index in [4.69, 9.17) is 4.74 Å². The highest BCUT2D eigenvalue weighted by molar-refractivity contribution is 6.02. The highest BCUT2D eigenvalue weighted by Gasteiger charge is 2.17. The van der Waals surface area contributed by atoms with Crippen LogP contribution in [0.4, 0.5) is 20.6 Å². The van der Waals surface area contributed by atoms with E-state index in [2.05, 4.69) is 10.6 Å². The van der Waals surface area contributed by atoms with Gasteiger partial charge in [-0.1, -0.05) is 18.2 Å². The first-order valence-electron chi connectivity index (χ1n) is 10.4. The first-order chi connectivity index (χ1) is 15.5. The summed E-state index contributed by atoms with van der Waals surface area (Å²) in [5.41, 5.74) is 2.56. The van der Waals surface area contributed by atoms with Crippen molar-refractivity contribution in [2.24, 2.45) is 0 Å². The van der Waals surface area contributed by atoms with Crippen molar-refractivity contribution in [3.05, 3.63) is 89.7 Å². The highest BCUT2D eigenvalue weighted by atomic mass is 19.1. The first-order valence-corrected chi connectivity index (χ1v) is 10.4. The molecule has 3 amide bonds. The van der Waals surface area contributed by atoms with E-state index < -0.39 is 11.8 Å². The van der Waals surface area contributed by atoms with Gasteiger partial charge in [0, 0.05) is 30.0 Å². The Labute approximate surface area is 187 Å². The number of benzene rings is 3. The van der Waals surface area contributed by atoms with E-state index >= 15 is 0 Å². The average molecular weight is 435 g/mol. The molecule has 6 nitrogen and oxygen atoms in total. The van der Waals surface area contributed by atoms with E-state index in [-0.39, 0.29) is 19.0 Å². The number of hydrogen-bond donors (Lipinski definition) is 2. The van der Waals surface area contributed by atoms with E-state index in [0.29, 0.717) is 29.3 Å². The molecule has 0 aliphatic heterocycles. The molecule has 0 saturated heterocycles. The van der Waals surface area contributed by atoms with Crippen molar-refractivity contribution in [3.63, 3.8) is 0 Å². The van der Waals surface area contributed by atoms with Crippen molar-refractivity contribution in [1.29, 1.82) is 0 Å². The number of anilines is 2. The molecule has 3 aromatic rings. The maximum Gasteiger partial charge on any atom is 0.326 e. The zero-order valence-corrected chi connectivity index (χ0v) is 18.1. The Kier molecular flexibility index (Phi) is 7.80. The number of halogens is 1. The van der Waals surface area contributed by atoms with Gasteiger partial charge in [0.15, 0.2) is 0 Å². The molecule has 7 heteroatoms. The van der Waals surface area contributed by atoms with Gasteiger partial charge >= 0.3 is 6.03 Å². The van der Waals surface area contributed by atoms with Crippen molar-refractivity contribution in [3.8, 4) is 5.75 Å². The molecule has 0 bridgehead atoms. The minimum Gasteiger partial charge on any atom is -0.494 e. The second kappa shape index (κ2) is 10.9.